The van der Waals surface area contributed by atoms with E-state index in [0.717, 1.165) is 55.6 Å². The first-order chi connectivity index (χ1) is 10.00. The van der Waals surface area contributed by atoms with Crippen molar-refractivity contribution in [1.29, 1.82) is 0 Å². The molecule has 2 atom stereocenters. The Morgan fingerprint density at radius 2 is 2.33 bits per heavy atom. The fraction of sp³-hybridized carbons (Fsp3) is 0.800. The van der Waals surface area contributed by atoms with Crippen LogP contribution >= 0.6 is 11.6 Å². The van der Waals surface area contributed by atoms with E-state index < -0.39 is 0 Å². The zero-order valence-electron chi connectivity index (χ0n) is 13.4. The van der Waals surface area contributed by atoms with E-state index in [1.807, 2.05) is 14.0 Å². The lowest BCUT2D eigenvalue weighted by atomic mass is 9.76. The number of ether oxygens (including phenoxy) is 2. The highest BCUT2D eigenvalue weighted by Gasteiger charge is 2.42. The van der Waals surface area contributed by atoms with Crippen LogP contribution in [0.1, 0.15) is 24.6 Å². The predicted molar refractivity (Wildman–Crippen MR) is 83.9 cm³/mol. The van der Waals surface area contributed by atoms with Crippen LogP contribution in [0, 0.1) is 12.3 Å². The summed E-state index contributed by atoms with van der Waals surface area (Å²) < 4.78 is 12.7. The molecule has 0 radical (unpaired) electrons. The van der Waals surface area contributed by atoms with Crippen molar-refractivity contribution in [2.24, 2.45) is 12.5 Å². The van der Waals surface area contributed by atoms with Crippen LogP contribution in [-0.4, -0.2) is 49.3 Å². The molecule has 0 aliphatic carbocycles. The van der Waals surface area contributed by atoms with Crippen molar-refractivity contribution in [2.45, 2.75) is 32.8 Å². The highest BCUT2D eigenvalue weighted by molar-refractivity contribution is 6.30. The molecule has 0 bridgehead atoms. The van der Waals surface area contributed by atoms with E-state index in [9.17, 15) is 0 Å². The minimum absolute atomic E-state index is 0.0746. The van der Waals surface area contributed by atoms with Crippen molar-refractivity contribution < 1.29 is 9.47 Å². The van der Waals surface area contributed by atoms with Crippen LogP contribution in [0.4, 0.5) is 0 Å². The lowest BCUT2D eigenvalue weighted by Crippen LogP contribution is -2.42. The van der Waals surface area contributed by atoms with Crippen molar-refractivity contribution in [3.05, 3.63) is 16.4 Å². The number of hydrogen-bond donors (Lipinski definition) is 1. The average molecular weight is 316 g/mol. The molecule has 1 N–H and O–H groups in total. The molecule has 2 rings (SSSR count). The van der Waals surface area contributed by atoms with Gasteiger partial charge in [0.1, 0.15) is 5.15 Å². The molecule has 0 spiro atoms. The molecule has 5 nitrogen and oxygen atoms in total. The topological polar surface area (TPSA) is 48.3 Å². The highest BCUT2D eigenvalue weighted by atomic mass is 35.5. The van der Waals surface area contributed by atoms with Crippen molar-refractivity contribution >= 4 is 11.6 Å². The summed E-state index contributed by atoms with van der Waals surface area (Å²) in [5.41, 5.74) is 2.23. The van der Waals surface area contributed by atoms with E-state index in [-0.39, 0.29) is 11.5 Å². The molecular formula is C15H26ClN3O2. The van der Waals surface area contributed by atoms with Gasteiger partial charge in [0, 0.05) is 44.8 Å². The Labute approximate surface area is 131 Å². The van der Waals surface area contributed by atoms with Crippen molar-refractivity contribution in [2.75, 3.05) is 33.4 Å². The molecule has 1 fully saturated rings. The fourth-order valence-electron chi connectivity index (χ4n) is 3.08. The number of nitrogens with zero attached hydrogens (tertiary/aromatic N) is 2. The SMILES string of the molecule is COCCNCC1(Cc2c(C)nn(C)c2Cl)CCOC1C. The Hall–Kier alpha value is -0.620. The monoisotopic (exact) mass is 315 g/mol. The Bertz CT molecular complexity index is 478. The van der Waals surface area contributed by atoms with Gasteiger partial charge in [-0.3, -0.25) is 4.68 Å². The first-order valence-electron chi connectivity index (χ1n) is 7.49. The van der Waals surface area contributed by atoms with Gasteiger partial charge in [0.25, 0.3) is 0 Å². The summed E-state index contributed by atoms with van der Waals surface area (Å²) in [4.78, 5) is 0. The summed E-state index contributed by atoms with van der Waals surface area (Å²) >= 11 is 6.41. The molecule has 1 aliphatic rings. The number of halogens is 1. The molecule has 21 heavy (non-hydrogen) atoms. The third kappa shape index (κ3) is 3.59. The summed E-state index contributed by atoms with van der Waals surface area (Å²) in [5, 5.41) is 8.65. The van der Waals surface area contributed by atoms with Gasteiger partial charge in [0.2, 0.25) is 0 Å². The number of aryl methyl sites for hydroxylation is 2. The van der Waals surface area contributed by atoms with Gasteiger partial charge < -0.3 is 14.8 Å². The van der Waals surface area contributed by atoms with Gasteiger partial charge in [-0.1, -0.05) is 11.6 Å². The van der Waals surface area contributed by atoms with Crippen LogP contribution in [0.2, 0.25) is 5.15 Å². The van der Waals surface area contributed by atoms with Gasteiger partial charge in [-0.25, -0.2) is 0 Å². The van der Waals surface area contributed by atoms with Crippen LogP contribution < -0.4 is 5.32 Å². The van der Waals surface area contributed by atoms with Crippen molar-refractivity contribution in [1.82, 2.24) is 15.1 Å². The second-order valence-electron chi connectivity index (χ2n) is 5.95. The zero-order chi connectivity index (χ0) is 15.5. The number of aromatic nitrogens is 2. The summed E-state index contributed by atoms with van der Waals surface area (Å²) in [7, 11) is 3.61. The zero-order valence-corrected chi connectivity index (χ0v) is 14.2. The van der Waals surface area contributed by atoms with Gasteiger partial charge in [0.15, 0.2) is 0 Å². The van der Waals surface area contributed by atoms with E-state index in [4.69, 9.17) is 21.1 Å². The molecule has 1 saturated heterocycles. The summed E-state index contributed by atoms with van der Waals surface area (Å²) in [6.45, 7) is 7.47. The molecule has 1 aromatic rings. The first kappa shape index (κ1) is 16.7. The number of hydrogen-bond acceptors (Lipinski definition) is 4. The normalized spacial score (nSPS) is 25.7. The van der Waals surface area contributed by atoms with Gasteiger partial charge in [-0.15, -0.1) is 0 Å². The smallest absolute Gasteiger partial charge is 0.130 e. The van der Waals surface area contributed by atoms with Gasteiger partial charge >= 0.3 is 0 Å². The summed E-state index contributed by atoms with van der Waals surface area (Å²) in [6.07, 6.45) is 2.15. The van der Waals surface area contributed by atoms with E-state index in [1.54, 1.807) is 11.8 Å². The van der Waals surface area contributed by atoms with Crippen molar-refractivity contribution in [3.8, 4) is 0 Å². The Balaban J connectivity index is 2.13. The Kier molecular flexibility index (Phi) is 5.66. The van der Waals surface area contributed by atoms with Crippen LogP contribution in [-0.2, 0) is 22.9 Å². The number of methoxy groups -OCH3 is 1. The lowest BCUT2D eigenvalue weighted by Gasteiger charge is -2.32. The second-order valence-corrected chi connectivity index (χ2v) is 6.31. The predicted octanol–water partition coefficient (Wildman–Crippen LogP) is 1.96. The third-order valence-corrected chi connectivity index (χ3v) is 5.06. The Morgan fingerprint density at radius 3 is 2.86 bits per heavy atom. The lowest BCUT2D eigenvalue weighted by molar-refractivity contribution is 0.0619. The molecule has 2 unspecified atom stereocenters. The number of rotatable bonds is 7. The summed E-state index contributed by atoms with van der Waals surface area (Å²) in [6, 6.07) is 0. The molecule has 0 saturated carbocycles. The standard InChI is InChI=1S/C15H26ClN3O2/c1-11-13(14(16)19(3)18-11)9-15(5-7-21-12(15)2)10-17-6-8-20-4/h12,17H,5-10H2,1-4H3. The van der Waals surface area contributed by atoms with E-state index in [1.165, 1.54) is 0 Å². The molecule has 120 valence electrons. The van der Waals surface area contributed by atoms with Crippen LogP contribution in [0.15, 0.2) is 0 Å². The minimum atomic E-state index is 0.0746. The van der Waals surface area contributed by atoms with E-state index in [0.29, 0.717) is 0 Å². The van der Waals surface area contributed by atoms with Gasteiger partial charge in [0.05, 0.1) is 18.4 Å². The molecule has 0 aromatic carbocycles. The third-order valence-electron chi connectivity index (χ3n) is 4.59. The van der Waals surface area contributed by atoms with Crippen LogP contribution in [0.25, 0.3) is 0 Å². The molecule has 0 amide bonds. The molecule has 2 heterocycles. The molecule has 1 aliphatic heterocycles. The fourth-order valence-corrected chi connectivity index (χ4v) is 3.33. The first-order valence-corrected chi connectivity index (χ1v) is 7.87. The minimum Gasteiger partial charge on any atom is -0.383 e. The maximum Gasteiger partial charge on any atom is 0.130 e. The molecular weight excluding hydrogens is 290 g/mol. The maximum absolute atomic E-state index is 6.41. The highest BCUT2D eigenvalue weighted by Crippen LogP contribution is 2.39. The quantitative estimate of drug-likeness (QED) is 0.781. The van der Waals surface area contributed by atoms with Crippen LogP contribution in [0.5, 0.6) is 0 Å². The largest absolute Gasteiger partial charge is 0.383 e. The molecule has 6 heteroatoms. The van der Waals surface area contributed by atoms with E-state index >= 15 is 0 Å². The Morgan fingerprint density at radius 1 is 1.57 bits per heavy atom. The number of nitrogens with one attached hydrogen (secondary N) is 1. The summed E-state index contributed by atoms with van der Waals surface area (Å²) in [5.74, 6) is 0. The van der Waals surface area contributed by atoms with E-state index in [2.05, 4.69) is 17.3 Å². The van der Waals surface area contributed by atoms with Crippen LogP contribution in [0.3, 0.4) is 0 Å². The van der Waals surface area contributed by atoms with Gasteiger partial charge in [-0.05, 0) is 26.7 Å². The van der Waals surface area contributed by atoms with Crippen molar-refractivity contribution in [3.63, 3.8) is 0 Å². The second kappa shape index (κ2) is 7.09. The molecule has 1 aromatic heterocycles. The maximum atomic E-state index is 6.41. The van der Waals surface area contributed by atoms with Gasteiger partial charge in [-0.2, -0.15) is 5.10 Å². The average Bonchev–Trinajstić information content (AvgIpc) is 2.91.